The van der Waals surface area contributed by atoms with Crippen LogP contribution in [0.3, 0.4) is 0 Å². The number of hydrogen-bond donors (Lipinski definition) is 0. The number of ether oxygens (including phenoxy) is 2. The van der Waals surface area contributed by atoms with E-state index in [1.54, 1.807) is 0 Å². The van der Waals surface area contributed by atoms with Crippen molar-refractivity contribution in [3.63, 3.8) is 0 Å². The van der Waals surface area contributed by atoms with Crippen molar-refractivity contribution in [1.82, 2.24) is 0 Å². The fourth-order valence-corrected chi connectivity index (χ4v) is 1.35. The minimum Gasteiger partial charge on any atom is -0.469 e. The second kappa shape index (κ2) is 7.84. The second-order valence-corrected chi connectivity index (χ2v) is 3.51. The van der Waals surface area contributed by atoms with Gasteiger partial charge in [0.1, 0.15) is 11.7 Å². The van der Waals surface area contributed by atoms with Gasteiger partial charge >= 0.3 is 11.9 Å². The highest BCUT2D eigenvalue weighted by atomic mass is 16.5. The zero-order chi connectivity index (χ0) is 12.6. The van der Waals surface area contributed by atoms with Crippen molar-refractivity contribution < 1.29 is 23.9 Å². The second-order valence-electron chi connectivity index (χ2n) is 3.51. The van der Waals surface area contributed by atoms with Gasteiger partial charge in [-0.25, -0.2) is 0 Å². The Morgan fingerprint density at radius 2 is 1.69 bits per heavy atom. The summed E-state index contributed by atoms with van der Waals surface area (Å²) in [6.07, 6.45) is 1.95. The molecule has 0 aromatic rings. The van der Waals surface area contributed by atoms with Gasteiger partial charge in [-0.2, -0.15) is 0 Å². The van der Waals surface area contributed by atoms with Crippen LogP contribution in [0.2, 0.25) is 0 Å². The Hall–Kier alpha value is -1.39. The van der Waals surface area contributed by atoms with Crippen LogP contribution in [0, 0.1) is 5.92 Å². The van der Waals surface area contributed by atoms with Crippen LogP contribution in [0.1, 0.15) is 32.6 Å². The van der Waals surface area contributed by atoms with Gasteiger partial charge in [-0.1, -0.05) is 6.42 Å². The Labute approximate surface area is 95.1 Å². The summed E-state index contributed by atoms with van der Waals surface area (Å²) in [5.41, 5.74) is 0. The van der Waals surface area contributed by atoms with Crippen LogP contribution in [0.4, 0.5) is 0 Å². The third-order valence-electron chi connectivity index (χ3n) is 2.33. The minimum absolute atomic E-state index is 0.204. The van der Waals surface area contributed by atoms with E-state index in [9.17, 15) is 14.4 Å². The van der Waals surface area contributed by atoms with Gasteiger partial charge in [0.05, 0.1) is 14.2 Å². The molecular formula is C11H18O5. The summed E-state index contributed by atoms with van der Waals surface area (Å²) < 4.78 is 9.00. The SMILES string of the molecule is COC(=O)CCCCC(C(C)=O)C(=O)OC. The van der Waals surface area contributed by atoms with Gasteiger partial charge in [0.25, 0.3) is 0 Å². The van der Waals surface area contributed by atoms with E-state index in [1.165, 1.54) is 21.1 Å². The topological polar surface area (TPSA) is 69.7 Å². The van der Waals surface area contributed by atoms with Crippen LogP contribution in [0.25, 0.3) is 0 Å². The van der Waals surface area contributed by atoms with E-state index in [2.05, 4.69) is 9.47 Å². The highest BCUT2D eigenvalue weighted by Crippen LogP contribution is 2.13. The average Bonchev–Trinajstić information content (AvgIpc) is 2.27. The molecule has 0 amide bonds. The number of hydrogen-bond acceptors (Lipinski definition) is 5. The van der Waals surface area contributed by atoms with E-state index in [0.29, 0.717) is 25.7 Å². The van der Waals surface area contributed by atoms with Gasteiger partial charge in [-0.05, 0) is 19.8 Å². The van der Waals surface area contributed by atoms with E-state index in [1.807, 2.05) is 0 Å². The van der Waals surface area contributed by atoms with Gasteiger partial charge in [-0.15, -0.1) is 0 Å². The van der Waals surface area contributed by atoms with Crippen LogP contribution in [0.5, 0.6) is 0 Å². The minimum atomic E-state index is -0.706. The quantitative estimate of drug-likeness (QED) is 0.372. The van der Waals surface area contributed by atoms with E-state index >= 15 is 0 Å². The fraction of sp³-hybridized carbons (Fsp3) is 0.727. The van der Waals surface area contributed by atoms with E-state index in [0.717, 1.165) is 0 Å². The standard InChI is InChI=1S/C11H18O5/c1-8(12)9(11(14)16-3)6-4-5-7-10(13)15-2/h9H,4-7H2,1-3H3. The summed E-state index contributed by atoms with van der Waals surface area (Å²) in [6.45, 7) is 1.36. The molecule has 0 rings (SSSR count). The monoisotopic (exact) mass is 230 g/mol. The first-order chi connectivity index (χ1) is 7.52. The lowest BCUT2D eigenvalue weighted by Crippen LogP contribution is -2.23. The Kier molecular flexibility index (Phi) is 7.16. The molecule has 5 heteroatoms. The molecule has 0 radical (unpaired) electrons. The summed E-state index contributed by atoms with van der Waals surface area (Å²) >= 11 is 0. The molecule has 0 heterocycles. The van der Waals surface area contributed by atoms with Crippen molar-refractivity contribution in [1.29, 1.82) is 0 Å². The average molecular weight is 230 g/mol. The lowest BCUT2D eigenvalue weighted by molar-refractivity contribution is -0.149. The molecule has 0 fully saturated rings. The predicted molar refractivity (Wildman–Crippen MR) is 56.7 cm³/mol. The van der Waals surface area contributed by atoms with Crippen LogP contribution >= 0.6 is 0 Å². The maximum absolute atomic E-state index is 11.2. The van der Waals surface area contributed by atoms with E-state index in [4.69, 9.17) is 0 Å². The Balaban J connectivity index is 3.91. The van der Waals surface area contributed by atoms with Gasteiger partial charge in [-0.3, -0.25) is 14.4 Å². The smallest absolute Gasteiger partial charge is 0.316 e. The third-order valence-corrected chi connectivity index (χ3v) is 2.33. The van der Waals surface area contributed by atoms with Crippen LogP contribution in [-0.2, 0) is 23.9 Å². The molecule has 0 aliphatic rings. The van der Waals surface area contributed by atoms with Crippen LogP contribution in [-0.4, -0.2) is 31.9 Å². The van der Waals surface area contributed by atoms with Crippen LogP contribution in [0.15, 0.2) is 0 Å². The number of esters is 2. The number of methoxy groups -OCH3 is 2. The van der Waals surface area contributed by atoms with Crippen molar-refractivity contribution in [2.45, 2.75) is 32.6 Å². The number of carbonyl (C=O) groups is 3. The van der Waals surface area contributed by atoms with Gasteiger partial charge in [0.2, 0.25) is 0 Å². The van der Waals surface area contributed by atoms with Crippen molar-refractivity contribution in [3.8, 4) is 0 Å². The van der Waals surface area contributed by atoms with Crippen molar-refractivity contribution in [2.75, 3.05) is 14.2 Å². The number of rotatable bonds is 7. The predicted octanol–water partition coefficient (Wildman–Crippen LogP) is 1.10. The largest absolute Gasteiger partial charge is 0.469 e. The highest BCUT2D eigenvalue weighted by Gasteiger charge is 2.23. The van der Waals surface area contributed by atoms with Gasteiger partial charge in [0, 0.05) is 6.42 Å². The molecule has 1 unspecified atom stereocenters. The molecular weight excluding hydrogens is 212 g/mol. The zero-order valence-electron chi connectivity index (χ0n) is 9.95. The fourth-order valence-electron chi connectivity index (χ4n) is 1.35. The molecule has 92 valence electrons. The summed E-state index contributed by atoms with van der Waals surface area (Å²) in [4.78, 5) is 33.1. The molecule has 1 atom stereocenters. The molecule has 0 saturated carbocycles. The summed E-state index contributed by atoms with van der Waals surface area (Å²) in [6, 6.07) is 0. The normalized spacial score (nSPS) is 11.7. The number of unbranched alkanes of at least 4 members (excludes halogenated alkanes) is 1. The van der Waals surface area contributed by atoms with E-state index in [-0.39, 0.29) is 11.8 Å². The molecule has 0 saturated heterocycles. The first-order valence-corrected chi connectivity index (χ1v) is 5.18. The van der Waals surface area contributed by atoms with Crippen molar-refractivity contribution in [3.05, 3.63) is 0 Å². The first-order valence-electron chi connectivity index (χ1n) is 5.18. The van der Waals surface area contributed by atoms with Crippen molar-refractivity contribution >= 4 is 17.7 Å². The molecule has 0 aromatic heterocycles. The molecule has 0 aliphatic carbocycles. The van der Waals surface area contributed by atoms with Gasteiger partial charge in [0.15, 0.2) is 0 Å². The maximum Gasteiger partial charge on any atom is 0.316 e. The molecule has 5 nitrogen and oxygen atoms in total. The number of carbonyl (C=O) groups excluding carboxylic acids is 3. The van der Waals surface area contributed by atoms with Crippen molar-refractivity contribution in [2.24, 2.45) is 5.92 Å². The Morgan fingerprint density at radius 1 is 1.06 bits per heavy atom. The molecule has 0 bridgehead atoms. The molecule has 16 heavy (non-hydrogen) atoms. The van der Waals surface area contributed by atoms with Crippen LogP contribution < -0.4 is 0 Å². The lowest BCUT2D eigenvalue weighted by atomic mass is 9.98. The molecule has 0 spiro atoms. The lowest BCUT2D eigenvalue weighted by Gasteiger charge is -2.10. The highest BCUT2D eigenvalue weighted by molar-refractivity contribution is 5.97. The summed E-state index contributed by atoms with van der Waals surface area (Å²) in [5.74, 6) is -1.70. The third kappa shape index (κ3) is 5.48. The number of Topliss-reactive ketones (excluding diaryl/α,β-unsaturated/α-hetero) is 1. The summed E-state index contributed by atoms with van der Waals surface area (Å²) in [7, 11) is 2.59. The summed E-state index contributed by atoms with van der Waals surface area (Å²) in [5, 5.41) is 0. The Morgan fingerprint density at radius 3 is 2.12 bits per heavy atom. The van der Waals surface area contributed by atoms with E-state index < -0.39 is 11.9 Å². The zero-order valence-corrected chi connectivity index (χ0v) is 9.95. The molecule has 0 aromatic carbocycles. The molecule has 0 aliphatic heterocycles. The van der Waals surface area contributed by atoms with Gasteiger partial charge < -0.3 is 9.47 Å². The molecule has 0 N–H and O–H groups in total. The number of ketones is 1. The first kappa shape index (κ1) is 14.6. The Bertz CT molecular complexity index is 259. The maximum atomic E-state index is 11.2.